The Kier molecular flexibility index (Phi) is 5.49. The Bertz CT molecular complexity index is 871. The van der Waals surface area contributed by atoms with Crippen molar-refractivity contribution in [3.05, 3.63) is 46.1 Å². The van der Waals surface area contributed by atoms with Gasteiger partial charge < -0.3 is 14.8 Å². The Balaban J connectivity index is 1.46. The number of ether oxygens (including phenoxy) is 2. The lowest BCUT2D eigenvalue weighted by Gasteiger charge is -2.07. The van der Waals surface area contributed by atoms with E-state index in [9.17, 15) is 19.2 Å². The number of rotatable bonds is 6. The van der Waals surface area contributed by atoms with E-state index >= 15 is 0 Å². The van der Waals surface area contributed by atoms with E-state index in [1.165, 1.54) is 35.6 Å². The van der Waals surface area contributed by atoms with Crippen molar-refractivity contribution in [2.24, 2.45) is 0 Å². The van der Waals surface area contributed by atoms with Crippen molar-refractivity contribution < 1.29 is 23.5 Å². The predicted octanol–water partition coefficient (Wildman–Crippen LogP) is 2.81. The van der Waals surface area contributed by atoms with Crippen molar-refractivity contribution in [1.29, 1.82) is 5.26 Å². The van der Waals surface area contributed by atoms with E-state index in [-0.39, 0.29) is 0 Å². The molecule has 1 aliphatic rings. The van der Waals surface area contributed by atoms with Gasteiger partial charge in [-0.3, -0.25) is 4.79 Å². The minimum Gasteiger partial charge on any atom is -0.482 e. The number of carbonyl (C=O) groups excluding carboxylic acids is 2. The molecule has 3 rings (SSSR count). The molecule has 1 aromatic carbocycles. The van der Waals surface area contributed by atoms with E-state index in [4.69, 9.17) is 9.47 Å². The number of hydrogen-bond acceptors (Lipinski definition) is 6. The molecule has 0 atom stereocenters. The Morgan fingerprint density at radius 2 is 2.00 bits per heavy atom. The van der Waals surface area contributed by atoms with Crippen LogP contribution in [0.4, 0.5) is 9.39 Å². The van der Waals surface area contributed by atoms with Gasteiger partial charge in [-0.25, -0.2) is 9.18 Å². The second-order valence-electron chi connectivity index (χ2n) is 5.62. The number of aryl methyl sites for hydroxylation is 1. The van der Waals surface area contributed by atoms with E-state index < -0.39 is 30.9 Å². The van der Waals surface area contributed by atoms with Crippen LogP contribution in [0.2, 0.25) is 0 Å². The van der Waals surface area contributed by atoms with Crippen LogP contribution in [0.25, 0.3) is 0 Å². The van der Waals surface area contributed by atoms with Gasteiger partial charge >= 0.3 is 5.97 Å². The molecule has 0 unspecified atom stereocenters. The second kappa shape index (κ2) is 7.97. The van der Waals surface area contributed by atoms with E-state index in [0.717, 1.165) is 29.7 Å². The fourth-order valence-corrected chi connectivity index (χ4v) is 3.89. The zero-order valence-corrected chi connectivity index (χ0v) is 14.5. The van der Waals surface area contributed by atoms with Crippen LogP contribution in [0, 0.1) is 17.1 Å². The van der Waals surface area contributed by atoms with E-state index in [1.54, 1.807) is 0 Å². The maximum Gasteiger partial charge on any atom is 0.344 e. The summed E-state index contributed by atoms with van der Waals surface area (Å²) >= 11 is 1.39. The van der Waals surface area contributed by atoms with Gasteiger partial charge in [-0.1, -0.05) is 0 Å². The van der Waals surface area contributed by atoms with Crippen LogP contribution < -0.4 is 10.1 Å². The number of halogens is 1. The molecule has 0 spiro atoms. The summed E-state index contributed by atoms with van der Waals surface area (Å²) in [6, 6.07) is 7.31. The lowest BCUT2D eigenvalue weighted by molar-refractivity contribution is -0.149. The molecule has 1 aliphatic carbocycles. The normalized spacial score (nSPS) is 12.2. The van der Waals surface area contributed by atoms with Crippen molar-refractivity contribution in [1.82, 2.24) is 0 Å². The highest BCUT2D eigenvalue weighted by Gasteiger charge is 2.23. The lowest BCUT2D eigenvalue weighted by Crippen LogP contribution is -2.23. The smallest absolute Gasteiger partial charge is 0.344 e. The van der Waals surface area contributed by atoms with Crippen LogP contribution in [0.3, 0.4) is 0 Å². The number of hydrogen-bond donors (Lipinski definition) is 1. The molecule has 0 aliphatic heterocycles. The molecule has 0 saturated carbocycles. The average Bonchev–Trinajstić information content (AvgIpc) is 3.20. The molecule has 0 fully saturated rings. The third kappa shape index (κ3) is 4.18. The van der Waals surface area contributed by atoms with Gasteiger partial charge in [0.15, 0.2) is 13.2 Å². The topological polar surface area (TPSA) is 88.4 Å². The number of anilines is 1. The molecule has 1 heterocycles. The van der Waals surface area contributed by atoms with Crippen LogP contribution in [-0.2, 0) is 27.2 Å². The molecule has 8 heteroatoms. The van der Waals surface area contributed by atoms with Gasteiger partial charge in [0.05, 0.1) is 5.56 Å². The SMILES string of the molecule is N#Cc1c(NC(=O)COC(=O)COc2ccc(F)cc2)sc2c1CCC2. The molecule has 6 nitrogen and oxygen atoms in total. The minimum absolute atomic E-state index is 0.319. The van der Waals surface area contributed by atoms with Gasteiger partial charge in [0.2, 0.25) is 0 Å². The molecular formula is C18H15FN2O4S. The van der Waals surface area contributed by atoms with Gasteiger partial charge in [-0.2, -0.15) is 5.26 Å². The summed E-state index contributed by atoms with van der Waals surface area (Å²) in [5.74, 6) is -1.33. The fourth-order valence-electron chi connectivity index (χ4n) is 2.63. The first kappa shape index (κ1) is 17.9. The molecule has 26 heavy (non-hydrogen) atoms. The summed E-state index contributed by atoms with van der Waals surface area (Å²) in [4.78, 5) is 24.7. The van der Waals surface area contributed by atoms with Crippen molar-refractivity contribution in [3.63, 3.8) is 0 Å². The Hall–Kier alpha value is -2.92. The first-order valence-electron chi connectivity index (χ1n) is 7.95. The molecule has 134 valence electrons. The van der Waals surface area contributed by atoms with Gasteiger partial charge in [-0.15, -0.1) is 11.3 Å². The monoisotopic (exact) mass is 374 g/mol. The van der Waals surface area contributed by atoms with Gasteiger partial charge in [0.25, 0.3) is 5.91 Å². The fraction of sp³-hybridized carbons (Fsp3) is 0.278. The number of fused-ring (bicyclic) bond motifs is 1. The zero-order chi connectivity index (χ0) is 18.5. The van der Waals surface area contributed by atoms with E-state index in [0.29, 0.717) is 16.3 Å². The summed E-state index contributed by atoms with van der Waals surface area (Å²) in [6.45, 7) is -0.866. The Morgan fingerprint density at radius 1 is 1.23 bits per heavy atom. The third-order valence-electron chi connectivity index (χ3n) is 3.82. The maximum absolute atomic E-state index is 12.8. The molecule has 2 aromatic rings. The summed E-state index contributed by atoms with van der Waals surface area (Å²) in [6.07, 6.45) is 2.79. The van der Waals surface area contributed by atoms with Crippen LogP contribution in [0.1, 0.15) is 22.4 Å². The number of carbonyl (C=O) groups is 2. The summed E-state index contributed by atoms with van der Waals surface area (Å²) in [5.41, 5.74) is 1.51. The number of nitrogens with zero attached hydrogens (tertiary/aromatic N) is 1. The molecular weight excluding hydrogens is 359 g/mol. The number of nitrogens with one attached hydrogen (secondary N) is 1. The summed E-state index contributed by atoms with van der Waals surface area (Å²) < 4.78 is 22.8. The average molecular weight is 374 g/mol. The second-order valence-corrected chi connectivity index (χ2v) is 6.73. The zero-order valence-electron chi connectivity index (χ0n) is 13.7. The molecule has 1 aromatic heterocycles. The van der Waals surface area contributed by atoms with Crippen LogP contribution in [0.15, 0.2) is 24.3 Å². The van der Waals surface area contributed by atoms with Crippen molar-refractivity contribution >= 4 is 28.2 Å². The first-order chi connectivity index (χ1) is 12.6. The lowest BCUT2D eigenvalue weighted by atomic mass is 10.1. The highest BCUT2D eigenvalue weighted by atomic mass is 32.1. The number of esters is 1. The van der Waals surface area contributed by atoms with E-state index in [1.807, 2.05) is 0 Å². The molecule has 1 N–H and O–H groups in total. The van der Waals surface area contributed by atoms with Crippen molar-refractivity contribution in [3.8, 4) is 11.8 Å². The standard InChI is InChI=1S/C18H15FN2O4S/c19-11-4-6-12(7-5-11)24-10-17(23)25-9-16(22)21-18-14(8-20)13-2-1-3-15(13)26-18/h4-7H,1-3,9-10H2,(H,21,22). The molecule has 0 bridgehead atoms. The number of amides is 1. The highest BCUT2D eigenvalue weighted by molar-refractivity contribution is 7.16. The van der Waals surface area contributed by atoms with Crippen molar-refractivity contribution in [2.45, 2.75) is 19.3 Å². The Morgan fingerprint density at radius 3 is 2.73 bits per heavy atom. The Labute approximate surface area is 153 Å². The van der Waals surface area contributed by atoms with Gasteiger partial charge in [0.1, 0.15) is 22.6 Å². The molecule has 1 amide bonds. The quantitative estimate of drug-likeness (QED) is 0.786. The van der Waals surface area contributed by atoms with E-state index in [2.05, 4.69) is 11.4 Å². The van der Waals surface area contributed by atoms with Gasteiger partial charge in [0, 0.05) is 4.88 Å². The number of thiophene rings is 1. The summed E-state index contributed by atoms with van der Waals surface area (Å²) in [7, 11) is 0. The van der Waals surface area contributed by atoms with Crippen molar-refractivity contribution in [2.75, 3.05) is 18.5 Å². The number of benzene rings is 1. The van der Waals surface area contributed by atoms with Gasteiger partial charge in [-0.05, 0) is 49.1 Å². The number of nitriles is 1. The first-order valence-corrected chi connectivity index (χ1v) is 8.77. The van der Waals surface area contributed by atoms with Crippen LogP contribution in [0.5, 0.6) is 5.75 Å². The highest BCUT2D eigenvalue weighted by Crippen LogP contribution is 2.38. The van der Waals surface area contributed by atoms with Crippen LogP contribution >= 0.6 is 11.3 Å². The maximum atomic E-state index is 12.8. The third-order valence-corrected chi connectivity index (χ3v) is 5.03. The molecule has 0 radical (unpaired) electrons. The minimum atomic E-state index is -0.723. The largest absolute Gasteiger partial charge is 0.482 e. The molecule has 0 saturated heterocycles. The summed E-state index contributed by atoms with van der Waals surface area (Å²) in [5, 5.41) is 12.4. The predicted molar refractivity (Wildman–Crippen MR) is 92.5 cm³/mol. The van der Waals surface area contributed by atoms with Crippen LogP contribution in [-0.4, -0.2) is 25.1 Å².